The van der Waals surface area contributed by atoms with E-state index in [-0.39, 0.29) is 4.31 Å². The van der Waals surface area contributed by atoms with Crippen LogP contribution in [-0.2, 0) is 10.0 Å². The molecule has 0 radical (unpaired) electrons. The number of carboxylic acids is 1. The average molecular weight is 325 g/mol. The lowest BCUT2D eigenvalue weighted by molar-refractivity contribution is -0.138. The van der Waals surface area contributed by atoms with Crippen LogP contribution < -0.4 is 0 Å². The van der Waals surface area contributed by atoms with Crippen LogP contribution in [0.2, 0.25) is 0 Å². The SMILES string of the molecule is CC(C)N(CC(F)(F)F)S(=O)(=O)c1ccccc1C(=O)O. The molecule has 5 nitrogen and oxygen atoms in total. The quantitative estimate of drug-likeness (QED) is 0.902. The third-order valence-corrected chi connectivity index (χ3v) is 4.70. The summed E-state index contributed by atoms with van der Waals surface area (Å²) in [7, 11) is -4.58. The minimum atomic E-state index is -4.73. The average Bonchev–Trinajstić information content (AvgIpc) is 2.34. The summed E-state index contributed by atoms with van der Waals surface area (Å²) in [5.41, 5.74) is -0.565. The van der Waals surface area contributed by atoms with Gasteiger partial charge < -0.3 is 5.11 Å². The summed E-state index contributed by atoms with van der Waals surface area (Å²) in [6.45, 7) is 0.889. The van der Waals surface area contributed by atoms with Crippen LogP contribution in [0.4, 0.5) is 13.2 Å². The monoisotopic (exact) mass is 325 g/mol. The lowest BCUT2D eigenvalue weighted by Gasteiger charge is -2.27. The van der Waals surface area contributed by atoms with E-state index in [0.717, 1.165) is 12.1 Å². The molecule has 0 bridgehead atoms. The lowest BCUT2D eigenvalue weighted by atomic mass is 10.2. The molecule has 0 saturated heterocycles. The zero-order valence-electron chi connectivity index (χ0n) is 11.3. The van der Waals surface area contributed by atoms with E-state index >= 15 is 0 Å². The zero-order valence-corrected chi connectivity index (χ0v) is 12.1. The second-order valence-corrected chi connectivity index (χ2v) is 6.42. The molecule has 118 valence electrons. The number of hydrogen-bond acceptors (Lipinski definition) is 3. The Morgan fingerprint density at radius 2 is 1.81 bits per heavy atom. The van der Waals surface area contributed by atoms with Gasteiger partial charge in [0.25, 0.3) is 0 Å². The summed E-state index contributed by atoms with van der Waals surface area (Å²) >= 11 is 0. The Bertz CT molecular complexity index is 626. The Morgan fingerprint density at radius 1 is 1.29 bits per heavy atom. The first-order valence-electron chi connectivity index (χ1n) is 5.87. The minimum absolute atomic E-state index is 0.231. The van der Waals surface area contributed by atoms with Crippen LogP contribution in [0.5, 0.6) is 0 Å². The van der Waals surface area contributed by atoms with Crippen molar-refractivity contribution in [2.45, 2.75) is 31.0 Å². The molecule has 0 saturated carbocycles. The minimum Gasteiger partial charge on any atom is -0.478 e. The van der Waals surface area contributed by atoms with E-state index in [1.807, 2.05) is 0 Å². The number of alkyl halides is 3. The van der Waals surface area contributed by atoms with Crippen molar-refractivity contribution in [3.63, 3.8) is 0 Å². The summed E-state index contributed by atoms with van der Waals surface area (Å²) in [4.78, 5) is 10.4. The maximum Gasteiger partial charge on any atom is 0.402 e. The van der Waals surface area contributed by atoms with Crippen molar-refractivity contribution in [3.8, 4) is 0 Å². The van der Waals surface area contributed by atoms with Gasteiger partial charge in [-0.1, -0.05) is 12.1 Å². The van der Waals surface area contributed by atoms with Crippen LogP contribution in [0.15, 0.2) is 29.2 Å². The molecule has 0 aromatic heterocycles. The van der Waals surface area contributed by atoms with Gasteiger partial charge in [0.05, 0.1) is 10.5 Å². The van der Waals surface area contributed by atoms with Crippen LogP contribution in [0.1, 0.15) is 24.2 Å². The van der Waals surface area contributed by atoms with E-state index in [0.29, 0.717) is 0 Å². The van der Waals surface area contributed by atoms with Gasteiger partial charge in [-0.05, 0) is 26.0 Å². The molecule has 0 amide bonds. The number of carbonyl (C=O) groups is 1. The second kappa shape index (κ2) is 6.02. The first-order valence-corrected chi connectivity index (χ1v) is 7.31. The highest BCUT2D eigenvalue weighted by Gasteiger charge is 2.39. The van der Waals surface area contributed by atoms with Gasteiger partial charge in [0.1, 0.15) is 6.54 Å². The summed E-state index contributed by atoms with van der Waals surface area (Å²) in [5, 5.41) is 8.98. The summed E-state index contributed by atoms with van der Waals surface area (Å²) in [6.07, 6.45) is -4.73. The fraction of sp³-hybridized carbons (Fsp3) is 0.417. The molecule has 0 atom stereocenters. The number of benzene rings is 1. The topological polar surface area (TPSA) is 74.7 Å². The van der Waals surface area contributed by atoms with Gasteiger partial charge in [-0.2, -0.15) is 17.5 Å². The molecule has 0 aliphatic rings. The van der Waals surface area contributed by atoms with E-state index in [4.69, 9.17) is 5.11 Å². The van der Waals surface area contributed by atoms with Crippen LogP contribution in [-0.4, -0.2) is 42.6 Å². The van der Waals surface area contributed by atoms with E-state index < -0.39 is 45.2 Å². The molecular formula is C12H14F3NO4S. The van der Waals surface area contributed by atoms with Crippen molar-refractivity contribution in [2.75, 3.05) is 6.54 Å². The standard InChI is InChI=1S/C12H14F3NO4S/c1-8(2)16(7-12(13,14)15)21(19,20)10-6-4-3-5-9(10)11(17)18/h3-6,8H,7H2,1-2H3,(H,17,18). The molecule has 1 N–H and O–H groups in total. The molecule has 0 unspecified atom stereocenters. The highest BCUT2D eigenvalue weighted by Crippen LogP contribution is 2.26. The maximum absolute atomic E-state index is 12.5. The fourth-order valence-corrected chi connectivity index (χ4v) is 3.52. The molecule has 0 spiro atoms. The number of aromatic carboxylic acids is 1. The molecule has 9 heteroatoms. The Morgan fingerprint density at radius 3 is 2.24 bits per heavy atom. The second-order valence-electron chi connectivity index (χ2n) is 4.56. The lowest BCUT2D eigenvalue weighted by Crippen LogP contribution is -2.43. The van der Waals surface area contributed by atoms with Gasteiger partial charge in [-0.15, -0.1) is 0 Å². The zero-order chi connectivity index (χ0) is 16.4. The maximum atomic E-state index is 12.5. The molecule has 1 aromatic carbocycles. The van der Waals surface area contributed by atoms with E-state index in [2.05, 4.69) is 0 Å². The van der Waals surface area contributed by atoms with Crippen molar-refractivity contribution in [2.24, 2.45) is 0 Å². The van der Waals surface area contributed by atoms with E-state index in [1.54, 1.807) is 0 Å². The van der Waals surface area contributed by atoms with Crippen LogP contribution in [0, 0.1) is 0 Å². The highest BCUT2D eigenvalue weighted by molar-refractivity contribution is 7.89. The third kappa shape index (κ3) is 4.18. The van der Waals surface area contributed by atoms with E-state index in [1.165, 1.54) is 26.0 Å². The molecular weight excluding hydrogens is 311 g/mol. The van der Waals surface area contributed by atoms with Crippen LogP contribution >= 0.6 is 0 Å². The van der Waals surface area contributed by atoms with Crippen molar-refractivity contribution >= 4 is 16.0 Å². The molecule has 0 aliphatic heterocycles. The summed E-state index contributed by atoms with van der Waals surface area (Å²) < 4.78 is 62.6. The molecule has 21 heavy (non-hydrogen) atoms. The van der Waals surface area contributed by atoms with Crippen molar-refractivity contribution in [3.05, 3.63) is 29.8 Å². The third-order valence-electron chi connectivity index (χ3n) is 2.62. The molecule has 0 fully saturated rings. The van der Waals surface area contributed by atoms with Crippen LogP contribution in [0.3, 0.4) is 0 Å². The fourth-order valence-electron chi connectivity index (χ4n) is 1.72. The van der Waals surface area contributed by atoms with Gasteiger partial charge in [-0.3, -0.25) is 0 Å². The predicted octanol–water partition coefficient (Wildman–Crippen LogP) is 2.35. The van der Waals surface area contributed by atoms with Gasteiger partial charge in [0.2, 0.25) is 10.0 Å². The Hall–Kier alpha value is -1.61. The number of nitrogens with zero attached hydrogens (tertiary/aromatic N) is 1. The first-order chi connectivity index (χ1) is 9.47. The molecule has 0 heterocycles. The molecule has 0 aliphatic carbocycles. The summed E-state index contributed by atoms with van der Waals surface area (Å²) in [6, 6.07) is 3.59. The van der Waals surface area contributed by atoms with E-state index in [9.17, 15) is 26.4 Å². The van der Waals surface area contributed by atoms with Gasteiger partial charge >= 0.3 is 12.1 Å². The first kappa shape index (κ1) is 17.4. The smallest absolute Gasteiger partial charge is 0.402 e. The largest absolute Gasteiger partial charge is 0.478 e. The van der Waals surface area contributed by atoms with Gasteiger partial charge in [0.15, 0.2) is 0 Å². The van der Waals surface area contributed by atoms with Gasteiger partial charge in [0, 0.05) is 6.04 Å². The summed E-state index contributed by atoms with van der Waals surface area (Å²) in [5.74, 6) is -1.52. The number of carboxylic acid groups (broad SMARTS) is 1. The molecule has 1 aromatic rings. The predicted molar refractivity (Wildman–Crippen MR) is 68.5 cm³/mol. The Labute approximate surface area is 120 Å². The normalized spacial score (nSPS) is 12.9. The number of rotatable bonds is 5. The van der Waals surface area contributed by atoms with Crippen molar-refractivity contribution < 1.29 is 31.5 Å². The van der Waals surface area contributed by atoms with Crippen LogP contribution in [0.25, 0.3) is 0 Å². The van der Waals surface area contributed by atoms with Crippen molar-refractivity contribution in [1.82, 2.24) is 4.31 Å². The number of hydrogen-bond donors (Lipinski definition) is 1. The van der Waals surface area contributed by atoms with Crippen molar-refractivity contribution in [1.29, 1.82) is 0 Å². The van der Waals surface area contributed by atoms with Gasteiger partial charge in [-0.25, -0.2) is 13.2 Å². The Kier molecular flexibility index (Phi) is 5.00. The number of halogens is 3. The Balaban J connectivity index is 3.41. The highest BCUT2D eigenvalue weighted by atomic mass is 32.2. The molecule has 1 rings (SSSR count). The number of sulfonamides is 1.